The summed E-state index contributed by atoms with van der Waals surface area (Å²) in [6.07, 6.45) is 1.74. The van der Waals surface area contributed by atoms with Gasteiger partial charge in [-0.2, -0.15) is 8.78 Å². The normalized spacial score (nSPS) is 16.5. The van der Waals surface area contributed by atoms with Gasteiger partial charge in [0, 0.05) is 25.2 Å². The number of benzene rings is 2. The lowest BCUT2D eigenvalue weighted by molar-refractivity contribution is -0.122. The lowest BCUT2D eigenvalue weighted by Gasteiger charge is -2.31. The van der Waals surface area contributed by atoms with Crippen molar-refractivity contribution < 1.29 is 23.0 Å². The van der Waals surface area contributed by atoms with Crippen LogP contribution in [0.1, 0.15) is 33.3 Å². The lowest BCUT2D eigenvalue weighted by atomic mass is 10.2. The van der Waals surface area contributed by atoms with E-state index in [1.165, 1.54) is 23.9 Å². The summed E-state index contributed by atoms with van der Waals surface area (Å²) in [7, 11) is 1.60. The molecule has 1 amide bonds. The van der Waals surface area contributed by atoms with Crippen molar-refractivity contribution in [1.29, 1.82) is 0 Å². The highest BCUT2D eigenvalue weighted by Gasteiger charge is 2.34. The second kappa shape index (κ2) is 12.2. The summed E-state index contributed by atoms with van der Waals surface area (Å²) in [6, 6.07) is 14.2. The zero-order valence-electron chi connectivity index (χ0n) is 20.6. The summed E-state index contributed by atoms with van der Waals surface area (Å²) in [5, 5.41) is 0.594. The van der Waals surface area contributed by atoms with Gasteiger partial charge < -0.3 is 9.47 Å². The molecule has 2 aromatic rings. The van der Waals surface area contributed by atoms with Gasteiger partial charge in [-0.15, -0.1) is 0 Å². The second-order valence-electron chi connectivity index (χ2n) is 8.53. The quantitative estimate of drug-likeness (QED) is 0.371. The predicted octanol–water partition coefficient (Wildman–Crippen LogP) is 6.02. The van der Waals surface area contributed by atoms with Crippen molar-refractivity contribution in [2.75, 3.05) is 20.2 Å². The van der Waals surface area contributed by atoms with Gasteiger partial charge in [0.25, 0.3) is 5.91 Å². The maximum atomic E-state index is 13.4. The first-order valence-corrected chi connectivity index (χ1v) is 12.2. The lowest BCUT2D eigenvalue weighted by Crippen LogP contribution is -2.43. The van der Waals surface area contributed by atoms with E-state index in [2.05, 4.69) is 37.3 Å². The summed E-state index contributed by atoms with van der Waals surface area (Å²) in [4.78, 5) is 22.6. The maximum absolute atomic E-state index is 13.4. The number of hydrogen-bond acceptors (Lipinski definition) is 6. The second-order valence-corrected chi connectivity index (χ2v) is 9.54. The van der Waals surface area contributed by atoms with Gasteiger partial charge in [-0.3, -0.25) is 14.6 Å². The smallest absolute Gasteiger partial charge is 0.387 e. The molecule has 0 saturated carbocycles. The molecule has 0 spiro atoms. The number of carbonyl (C=O) groups is 1. The highest BCUT2D eigenvalue weighted by Crippen LogP contribution is 2.34. The zero-order chi connectivity index (χ0) is 25.5. The average molecular weight is 504 g/mol. The molecule has 1 aliphatic rings. The number of hydrogen-bond donors (Lipinski definition) is 0. The number of carbonyl (C=O) groups excluding carboxylic acids is 1. The molecule has 2 aromatic carbocycles. The average Bonchev–Trinajstić information content (AvgIpc) is 3.09. The zero-order valence-corrected chi connectivity index (χ0v) is 21.4. The standard InChI is InChI=1S/C26H31F2N3O3S/c1-17(2)30(18(3)4)14-15-31-24(32)23(16-19-6-10-22(11-7-19)34-25(27)28)35-26(31)29-20-8-12-21(33-5)13-9-20/h6-13,16-18,25H,14-15H2,1-5H3/b23-16+,29-26?. The Morgan fingerprint density at radius 3 is 2.14 bits per heavy atom. The number of methoxy groups -OCH3 is 1. The molecule has 6 nitrogen and oxygen atoms in total. The van der Waals surface area contributed by atoms with E-state index < -0.39 is 6.61 Å². The van der Waals surface area contributed by atoms with Crippen molar-refractivity contribution in [2.24, 2.45) is 4.99 Å². The van der Waals surface area contributed by atoms with Crippen LogP contribution in [0.3, 0.4) is 0 Å². The van der Waals surface area contributed by atoms with E-state index in [1.54, 1.807) is 30.2 Å². The third-order valence-corrected chi connectivity index (χ3v) is 6.50. The molecule has 1 heterocycles. The number of thioether (sulfide) groups is 1. The Labute approximate surface area is 209 Å². The monoisotopic (exact) mass is 503 g/mol. The first-order chi connectivity index (χ1) is 16.7. The van der Waals surface area contributed by atoms with Crippen molar-refractivity contribution in [3.63, 3.8) is 0 Å². The van der Waals surface area contributed by atoms with E-state index in [0.717, 1.165) is 5.75 Å². The van der Waals surface area contributed by atoms with E-state index in [4.69, 9.17) is 9.73 Å². The van der Waals surface area contributed by atoms with Crippen LogP contribution >= 0.6 is 11.8 Å². The summed E-state index contributed by atoms with van der Waals surface area (Å²) >= 11 is 1.30. The Balaban J connectivity index is 1.87. The molecule has 0 radical (unpaired) electrons. The van der Waals surface area contributed by atoms with Crippen LogP contribution in [0.15, 0.2) is 58.4 Å². The Morgan fingerprint density at radius 1 is 1.00 bits per heavy atom. The third-order valence-electron chi connectivity index (χ3n) is 5.50. The molecular weight excluding hydrogens is 472 g/mol. The fourth-order valence-electron chi connectivity index (χ4n) is 3.78. The van der Waals surface area contributed by atoms with Crippen molar-refractivity contribution in [2.45, 2.75) is 46.4 Å². The molecule has 188 valence electrons. The van der Waals surface area contributed by atoms with Gasteiger partial charge in [-0.25, -0.2) is 4.99 Å². The van der Waals surface area contributed by atoms with E-state index in [1.807, 2.05) is 24.3 Å². The molecular formula is C26H31F2N3O3S. The van der Waals surface area contributed by atoms with E-state index in [0.29, 0.717) is 46.5 Å². The number of alkyl halides is 2. The fraction of sp³-hybridized carbons (Fsp3) is 0.385. The van der Waals surface area contributed by atoms with Crippen molar-refractivity contribution in [3.05, 3.63) is 59.0 Å². The van der Waals surface area contributed by atoms with Crippen LogP contribution < -0.4 is 9.47 Å². The number of nitrogens with zero attached hydrogens (tertiary/aromatic N) is 3. The van der Waals surface area contributed by atoms with Crippen LogP contribution in [0.2, 0.25) is 0 Å². The van der Waals surface area contributed by atoms with Gasteiger partial charge in [-0.1, -0.05) is 12.1 Å². The minimum absolute atomic E-state index is 0.0680. The molecule has 0 atom stereocenters. The number of aliphatic imine (C=N–C) groups is 1. The minimum atomic E-state index is -2.88. The summed E-state index contributed by atoms with van der Waals surface area (Å²) in [6.45, 7) is 6.87. The van der Waals surface area contributed by atoms with Crippen LogP contribution in [0.5, 0.6) is 11.5 Å². The first kappa shape index (κ1) is 26.7. The minimum Gasteiger partial charge on any atom is -0.497 e. The van der Waals surface area contributed by atoms with Crippen LogP contribution in [-0.2, 0) is 4.79 Å². The summed E-state index contributed by atoms with van der Waals surface area (Å²) < 4.78 is 34.5. The van der Waals surface area contributed by atoms with Gasteiger partial charge in [0.15, 0.2) is 5.17 Å². The van der Waals surface area contributed by atoms with Crippen LogP contribution in [-0.4, -0.2) is 59.8 Å². The molecule has 0 N–H and O–H groups in total. The van der Waals surface area contributed by atoms with E-state index in [9.17, 15) is 13.6 Å². The molecule has 1 fully saturated rings. The van der Waals surface area contributed by atoms with Crippen LogP contribution in [0, 0.1) is 0 Å². The molecule has 0 aliphatic carbocycles. The molecule has 3 rings (SSSR count). The Bertz CT molecular complexity index is 1050. The molecule has 0 bridgehead atoms. The van der Waals surface area contributed by atoms with Crippen LogP contribution in [0.25, 0.3) is 6.08 Å². The largest absolute Gasteiger partial charge is 0.497 e. The van der Waals surface area contributed by atoms with Crippen molar-refractivity contribution in [1.82, 2.24) is 9.80 Å². The van der Waals surface area contributed by atoms with Gasteiger partial charge in [0.2, 0.25) is 0 Å². The van der Waals surface area contributed by atoms with Gasteiger partial charge in [0.05, 0.1) is 17.7 Å². The molecule has 1 aliphatic heterocycles. The molecule has 35 heavy (non-hydrogen) atoms. The predicted molar refractivity (Wildman–Crippen MR) is 137 cm³/mol. The third kappa shape index (κ3) is 7.29. The highest BCUT2D eigenvalue weighted by atomic mass is 32.2. The van der Waals surface area contributed by atoms with Gasteiger partial charge in [-0.05, 0) is 87.5 Å². The molecule has 1 saturated heterocycles. The van der Waals surface area contributed by atoms with Crippen molar-refractivity contribution >= 4 is 34.6 Å². The van der Waals surface area contributed by atoms with Gasteiger partial charge >= 0.3 is 6.61 Å². The molecule has 0 aromatic heterocycles. The number of ether oxygens (including phenoxy) is 2. The van der Waals surface area contributed by atoms with Crippen molar-refractivity contribution in [3.8, 4) is 11.5 Å². The van der Waals surface area contributed by atoms with E-state index >= 15 is 0 Å². The molecule has 0 unspecified atom stereocenters. The summed E-state index contributed by atoms with van der Waals surface area (Å²) in [5.41, 5.74) is 1.42. The number of halogens is 2. The Hall–Kier alpha value is -2.91. The fourth-order valence-corrected chi connectivity index (χ4v) is 4.81. The SMILES string of the molecule is COc1ccc(N=C2S/C(=C/c3ccc(OC(F)F)cc3)C(=O)N2CCN(C(C)C)C(C)C)cc1. The number of rotatable bonds is 10. The van der Waals surface area contributed by atoms with Crippen LogP contribution in [0.4, 0.5) is 14.5 Å². The topological polar surface area (TPSA) is 54.4 Å². The first-order valence-electron chi connectivity index (χ1n) is 11.4. The Morgan fingerprint density at radius 2 is 1.60 bits per heavy atom. The summed E-state index contributed by atoms with van der Waals surface area (Å²) in [5.74, 6) is 0.659. The highest BCUT2D eigenvalue weighted by molar-refractivity contribution is 8.18. The van der Waals surface area contributed by atoms with Gasteiger partial charge in [0.1, 0.15) is 11.5 Å². The molecule has 9 heteroatoms. The van der Waals surface area contributed by atoms with E-state index in [-0.39, 0.29) is 11.7 Å². The number of amidine groups is 1. The Kier molecular flexibility index (Phi) is 9.28. The number of amides is 1. The maximum Gasteiger partial charge on any atom is 0.387 e.